The molecule has 0 unspecified atom stereocenters. The molecule has 0 bridgehead atoms. The SMILES string of the molecule is CC(C)C1=C2B(O)O[C@H](c3cccc(O)c3)C[C@H]2[C@H]2C(=O)N(C)C(=O)[C@H]2C1. The number of carbonyl (C=O) groups excluding carboxylic acids is 2. The largest absolute Gasteiger partial charge is 0.508 e. The van der Waals surface area contributed by atoms with Crippen LogP contribution < -0.4 is 0 Å². The molecule has 27 heavy (non-hydrogen) atoms. The number of phenols is 1. The summed E-state index contributed by atoms with van der Waals surface area (Å²) >= 11 is 0. The molecule has 0 saturated carbocycles. The van der Waals surface area contributed by atoms with Crippen LogP contribution in [0, 0.1) is 23.7 Å². The van der Waals surface area contributed by atoms with Gasteiger partial charge in [0.1, 0.15) is 5.75 Å². The van der Waals surface area contributed by atoms with E-state index in [2.05, 4.69) is 0 Å². The van der Waals surface area contributed by atoms with Gasteiger partial charge in [0.2, 0.25) is 11.8 Å². The lowest BCUT2D eigenvalue weighted by Crippen LogP contribution is -2.45. The molecule has 2 saturated heterocycles. The average Bonchev–Trinajstić information content (AvgIpc) is 2.85. The van der Waals surface area contributed by atoms with Crippen molar-refractivity contribution in [1.82, 2.24) is 4.90 Å². The fourth-order valence-electron chi connectivity index (χ4n) is 5.00. The number of hydrogen-bond donors (Lipinski definition) is 2. The normalized spacial score (nSPS) is 30.9. The Balaban J connectivity index is 1.77. The average molecular weight is 369 g/mol. The third-order valence-corrected chi connectivity index (χ3v) is 6.31. The Morgan fingerprint density at radius 3 is 2.63 bits per heavy atom. The predicted molar refractivity (Wildman–Crippen MR) is 99.3 cm³/mol. The number of rotatable bonds is 2. The molecule has 0 aromatic heterocycles. The molecule has 0 spiro atoms. The highest BCUT2D eigenvalue weighted by molar-refractivity contribution is 6.53. The number of fused-ring (bicyclic) bond motifs is 3. The van der Waals surface area contributed by atoms with E-state index < -0.39 is 19.1 Å². The summed E-state index contributed by atoms with van der Waals surface area (Å²) in [6.07, 6.45) is 0.558. The number of phenolic OH excluding ortho intramolecular Hbond substituents is 1. The van der Waals surface area contributed by atoms with Crippen molar-refractivity contribution in [1.29, 1.82) is 0 Å². The number of hydrogen-bond acceptors (Lipinski definition) is 5. The summed E-state index contributed by atoms with van der Waals surface area (Å²) in [6, 6.07) is 6.76. The summed E-state index contributed by atoms with van der Waals surface area (Å²) in [7, 11) is 0.434. The first-order valence-electron chi connectivity index (χ1n) is 9.46. The Kier molecular flexibility index (Phi) is 4.39. The topological polar surface area (TPSA) is 87.1 Å². The number of benzene rings is 1. The monoisotopic (exact) mass is 369 g/mol. The molecular formula is C20H24BNO5. The van der Waals surface area contributed by atoms with E-state index in [0.29, 0.717) is 12.8 Å². The highest BCUT2D eigenvalue weighted by atomic mass is 16.5. The maximum Gasteiger partial charge on any atom is 0.487 e. The van der Waals surface area contributed by atoms with Gasteiger partial charge in [-0.05, 0) is 47.8 Å². The molecular weight excluding hydrogens is 345 g/mol. The van der Waals surface area contributed by atoms with Crippen LogP contribution in [0.4, 0.5) is 0 Å². The van der Waals surface area contributed by atoms with Gasteiger partial charge in [0.25, 0.3) is 0 Å². The minimum Gasteiger partial charge on any atom is -0.508 e. The summed E-state index contributed by atoms with van der Waals surface area (Å²) in [5.41, 5.74) is 2.56. The molecule has 1 aromatic carbocycles. The Hall–Kier alpha value is -2.12. The highest BCUT2D eigenvalue weighted by Gasteiger charge is 2.57. The van der Waals surface area contributed by atoms with Gasteiger partial charge in [-0.25, -0.2) is 0 Å². The van der Waals surface area contributed by atoms with E-state index in [-0.39, 0.29) is 35.3 Å². The van der Waals surface area contributed by atoms with Gasteiger partial charge in [-0.2, -0.15) is 0 Å². The van der Waals surface area contributed by atoms with E-state index >= 15 is 0 Å². The number of amides is 2. The predicted octanol–water partition coefficient (Wildman–Crippen LogP) is 2.08. The maximum absolute atomic E-state index is 12.8. The Labute approximate surface area is 159 Å². The summed E-state index contributed by atoms with van der Waals surface area (Å²) < 4.78 is 5.89. The minimum absolute atomic E-state index is 0.128. The molecule has 1 aromatic rings. The van der Waals surface area contributed by atoms with E-state index in [9.17, 15) is 19.7 Å². The molecule has 1 aliphatic carbocycles. The van der Waals surface area contributed by atoms with Crippen molar-refractivity contribution in [2.24, 2.45) is 23.7 Å². The van der Waals surface area contributed by atoms with E-state index in [1.807, 2.05) is 19.9 Å². The van der Waals surface area contributed by atoms with Gasteiger partial charge in [0, 0.05) is 7.05 Å². The van der Waals surface area contributed by atoms with Gasteiger partial charge in [-0.15, -0.1) is 0 Å². The number of aromatic hydroxyl groups is 1. The van der Waals surface area contributed by atoms with Crippen molar-refractivity contribution in [3.63, 3.8) is 0 Å². The number of allylic oxidation sites excluding steroid dienone is 2. The molecule has 0 radical (unpaired) electrons. The lowest BCUT2D eigenvalue weighted by molar-refractivity contribution is -0.138. The van der Waals surface area contributed by atoms with Crippen molar-refractivity contribution in [3.8, 4) is 5.75 Å². The van der Waals surface area contributed by atoms with Crippen LogP contribution in [0.15, 0.2) is 35.3 Å². The van der Waals surface area contributed by atoms with Crippen molar-refractivity contribution in [3.05, 3.63) is 40.9 Å². The van der Waals surface area contributed by atoms with E-state index in [1.54, 1.807) is 25.2 Å². The molecule has 6 nitrogen and oxygen atoms in total. The Bertz CT molecular complexity index is 835. The summed E-state index contributed by atoms with van der Waals surface area (Å²) in [5.74, 6) is -1.05. The molecule has 4 rings (SSSR count). The van der Waals surface area contributed by atoms with Crippen molar-refractivity contribution in [2.75, 3.05) is 7.05 Å². The van der Waals surface area contributed by atoms with Crippen LogP contribution >= 0.6 is 0 Å². The molecule has 2 N–H and O–H groups in total. The lowest BCUT2D eigenvalue weighted by atomic mass is 9.54. The van der Waals surface area contributed by atoms with Crippen molar-refractivity contribution < 1.29 is 24.4 Å². The number of imide groups is 1. The van der Waals surface area contributed by atoms with Crippen LogP contribution in [0.2, 0.25) is 0 Å². The van der Waals surface area contributed by atoms with Gasteiger partial charge >= 0.3 is 7.12 Å². The Morgan fingerprint density at radius 2 is 1.96 bits per heavy atom. The van der Waals surface area contributed by atoms with Gasteiger partial charge in [0.15, 0.2) is 0 Å². The quantitative estimate of drug-likeness (QED) is 0.616. The zero-order chi connectivity index (χ0) is 19.5. The first-order chi connectivity index (χ1) is 12.8. The van der Waals surface area contributed by atoms with Crippen molar-refractivity contribution >= 4 is 18.9 Å². The van der Waals surface area contributed by atoms with Crippen LogP contribution in [0.25, 0.3) is 0 Å². The van der Waals surface area contributed by atoms with Gasteiger partial charge in [-0.3, -0.25) is 14.5 Å². The second kappa shape index (κ2) is 6.50. The summed E-state index contributed by atoms with van der Waals surface area (Å²) in [6.45, 7) is 4.08. The molecule has 3 aliphatic rings. The van der Waals surface area contributed by atoms with Crippen molar-refractivity contribution in [2.45, 2.75) is 32.8 Å². The third kappa shape index (κ3) is 2.80. The van der Waals surface area contributed by atoms with Crippen LogP contribution in [-0.2, 0) is 14.2 Å². The highest BCUT2D eigenvalue weighted by Crippen LogP contribution is 2.52. The second-order valence-corrected chi connectivity index (χ2v) is 8.12. The molecule has 2 heterocycles. The van der Waals surface area contributed by atoms with Crippen LogP contribution in [0.1, 0.15) is 38.4 Å². The van der Waals surface area contributed by atoms with Crippen LogP contribution in [0.3, 0.4) is 0 Å². The number of nitrogens with zero attached hydrogens (tertiary/aromatic N) is 1. The fourth-order valence-corrected chi connectivity index (χ4v) is 5.00. The zero-order valence-corrected chi connectivity index (χ0v) is 15.8. The van der Waals surface area contributed by atoms with Gasteiger partial charge < -0.3 is 14.8 Å². The van der Waals surface area contributed by atoms with Gasteiger partial charge in [0.05, 0.1) is 17.9 Å². The molecule has 2 fully saturated rings. The van der Waals surface area contributed by atoms with E-state index in [0.717, 1.165) is 16.6 Å². The fraction of sp³-hybridized carbons (Fsp3) is 0.500. The van der Waals surface area contributed by atoms with Gasteiger partial charge in [-0.1, -0.05) is 31.6 Å². The standard InChI is InChI=1S/C20H24BNO5/c1-10(2)13-8-15-17(20(25)22(3)19(15)24)14-9-16(27-21(26)18(13)14)11-5-4-6-12(23)7-11/h4-7,10,14-17,23,26H,8-9H2,1-3H3/t14-,15-,16-,17+/m0/s1. The lowest BCUT2D eigenvalue weighted by Gasteiger charge is -2.43. The molecule has 7 heteroatoms. The van der Waals surface area contributed by atoms with E-state index in [4.69, 9.17) is 4.65 Å². The number of carbonyl (C=O) groups is 2. The zero-order valence-electron chi connectivity index (χ0n) is 15.8. The molecule has 2 amide bonds. The summed E-state index contributed by atoms with van der Waals surface area (Å²) in [5, 5.41) is 20.6. The summed E-state index contributed by atoms with van der Waals surface area (Å²) in [4.78, 5) is 26.7. The van der Waals surface area contributed by atoms with E-state index in [1.165, 1.54) is 4.90 Å². The first-order valence-corrected chi connectivity index (χ1v) is 9.46. The number of likely N-dealkylation sites (tertiary alicyclic amines) is 1. The van der Waals surface area contributed by atoms with Crippen LogP contribution in [-0.4, -0.2) is 41.0 Å². The Morgan fingerprint density at radius 1 is 1.22 bits per heavy atom. The molecule has 4 atom stereocenters. The molecule has 2 aliphatic heterocycles. The maximum atomic E-state index is 12.8. The smallest absolute Gasteiger partial charge is 0.487 e. The minimum atomic E-state index is -1.11. The first kappa shape index (κ1) is 18.3. The second-order valence-electron chi connectivity index (χ2n) is 8.12. The molecule has 142 valence electrons. The third-order valence-electron chi connectivity index (χ3n) is 6.31. The van der Waals surface area contributed by atoms with Crippen LogP contribution in [0.5, 0.6) is 5.75 Å².